The van der Waals surface area contributed by atoms with E-state index in [9.17, 15) is 0 Å². The molecule has 1 N–H and O–H groups in total. The fourth-order valence-electron chi connectivity index (χ4n) is 3.73. The smallest absolute Gasteiger partial charge is 0.136 e. The molecule has 0 atom stereocenters. The van der Waals surface area contributed by atoms with Crippen molar-refractivity contribution in [2.24, 2.45) is 5.92 Å². The van der Waals surface area contributed by atoms with Gasteiger partial charge in [-0.3, -0.25) is 4.98 Å². The highest BCUT2D eigenvalue weighted by molar-refractivity contribution is 6.10. The number of aromatic amines is 1. The summed E-state index contributed by atoms with van der Waals surface area (Å²) in [7, 11) is 1.71. The number of pyridine rings is 1. The van der Waals surface area contributed by atoms with Crippen molar-refractivity contribution in [3.63, 3.8) is 0 Å². The van der Waals surface area contributed by atoms with Gasteiger partial charge < -0.3 is 9.72 Å². The van der Waals surface area contributed by atoms with Crippen molar-refractivity contribution in [3.8, 4) is 17.6 Å². The molecule has 4 rings (SSSR count). The SMILES string of the molecule is COc1ccc2c([nH]c3c(C)nccc32)c1C#CC1CCCCC1. The number of hydrogen-bond acceptors (Lipinski definition) is 2. The maximum Gasteiger partial charge on any atom is 0.136 e. The highest BCUT2D eigenvalue weighted by Gasteiger charge is 2.14. The Hall–Kier alpha value is -2.47. The van der Waals surface area contributed by atoms with E-state index < -0.39 is 0 Å². The van der Waals surface area contributed by atoms with E-state index in [1.165, 1.54) is 42.9 Å². The van der Waals surface area contributed by atoms with Crippen LogP contribution in [0.1, 0.15) is 43.4 Å². The molecule has 0 unspecified atom stereocenters. The van der Waals surface area contributed by atoms with Crippen molar-refractivity contribution >= 4 is 21.8 Å². The number of ether oxygens (including phenoxy) is 1. The zero-order valence-electron chi connectivity index (χ0n) is 14.3. The second kappa shape index (κ2) is 6.20. The standard InChI is InChI=1S/C21H22N2O/c1-14-20-17(12-13-22-14)16-10-11-19(24-2)18(21(16)23-20)9-8-15-6-4-3-5-7-15/h10-13,15,23H,3-7H2,1-2H3. The highest BCUT2D eigenvalue weighted by atomic mass is 16.5. The van der Waals surface area contributed by atoms with Crippen LogP contribution >= 0.6 is 0 Å². The molecule has 1 aromatic carbocycles. The molecule has 1 fully saturated rings. The molecule has 0 spiro atoms. The van der Waals surface area contributed by atoms with Crippen molar-refractivity contribution in [3.05, 3.63) is 35.7 Å². The summed E-state index contributed by atoms with van der Waals surface area (Å²) < 4.78 is 5.58. The van der Waals surface area contributed by atoms with Crippen LogP contribution in [-0.2, 0) is 0 Å². The fourth-order valence-corrected chi connectivity index (χ4v) is 3.73. The van der Waals surface area contributed by atoms with Gasteiger partial charge in [0.15, 0.2) is 0 Å². The Balaban J connectivity index is 1.90. The minimum atomic E-state index is 0.520. The lowest BCUT2D eigenvalue weighted by atomic mass is 9.89. The molecule has 3 aromatic rings. The third-order valence-corrected chi connectivity index (χ3v) is 5.07. The van der Waals surface area contributed by atoms with E-state index in [0.717, 1.165) is 28.0 Å². The molecule has 24 heavy (non-hydrogen) atoms. The average Bonchev–Trinajstić information content (AvgIpc) is 3.01. The summed E-state index contributed by atoms with van der Waals surface area (Å²) in [5, 5.41) is 2.38. The van der Waals surface area contributed by atoms with Gasteiger partial charge >= 0.3 is 0 Å². The number of aromatic nitrogens is 2. The zero-order valence-corrected chi connectivity index (χ0v) is 14.3. The van der Waals surface area contributed by atoms with Crippen LogP contribution in [0.3, 0.4) is 0 Å². The maximum absolute atomic E-state index is 5.58. The summed E-state index contributed by atoms with van der Waals surface area (Å²) in [5.41, 5.74) is 4.12. The number of nitrogens with zero attached hydrogens (tertiary/aromatic N) is 1. The molecule has 2 heterocycles. The summed E-state index contributed by atoms with van der Waals surface area (Å²) in [6, 6.07) is 6.19. The summed E-state index contributed by atoms with van der Waals surface area (Å²) in [4.78, 5) is 7.93. The van der Waals surface area contributed by atoms with Gasteiger partial charge in [0, 0.05) is 22.9 Å². The lowest BCUT2D eigenvalue weighted by Gasteiger charge is -2.15. The van der Waals surface area contributed by atoms with Gasteiger partial charge in [-0.1, -0.05) is 31.1 Å². The van der Waals surface area contributed by atoms with Crippen molar-refractivity contribution in [2.45, 2.75) is 39.0 Å². The summed E-state index contributed by atoms with van der Waals surface area (Å²) in [5.74, 6) is 8.28. The molecule has 1 aliphatic carbocycles. The minimum absolute atomic E-state index is 0.520. The van der Waals surface area contributed by atoms with Gasteiger partial charge in [0.25, 0.3) is 0 Å². The number of fused-ring (bicyclic) bond motifs is 3. The lowest BCUT2D eigenvalue weighted by Crippen LogP contribution is -2.03. The number of hydrogen-bond donors (Lipinski definition) is 1. The molecule has 3 nitrogen and oxygen atoms in total. The van der Waals surface area contributed by atoms with Gasteiger partial charge in [0.2, 0.25) is 0 Å². The molecule has 1 aliphatic rings. The van der Waals surface area contributed by atoms with Gasteiger partial charge in [-0.2, -0.15) is 0 Å². The predicted molar refractivity (Wildman–Crippen MR) is 98.3 cm³/mol. The molecule has 0 radical (unpaired) electrons. The molecule has 3 heteroatoms. The number of benzene rings is 1. The summed E-state index contributed by atoms with van der Waals surface area (Å²) in [6.07, 6.45) is 8.27. The third-order valence-electron chi connectivity index (χ3n) is 5.07. The van der Waals surface area contributed by atoms with Gasteiger partial charge in [-0.05, 0) is 38.0 Å². The first kappa shape index (κ1) is 15.1. The molecule has 2 aromatic heterocycles. The van der Waals surface area contributed by atoms with E-state index in [0.29, 0.717) is 5.92 Å². The van der Waals surface area contributed by atoms with Gasteiger partial charge in [0.05, 0.1) is 29.4 Å². The molecule has 0 bridgehead atoms. The first-order chi connectivity index (χ1) is 11.8. The van der Waals surface area contributed by atoms with E-state index in [-0.39, 0.29) is 0 Å². The first-order valence-corrected chi connectivity index (χ1v) is 8.73. The van der Waals surface area contributed by atoms with E-state index in [1.807, 2.05) is 19.2 Å². The molecule has 0 aliphatic heterocycles. The molecular weight excluding hydrogens is 296 g/mol. The van der Waals surface area contributed by atoms with Gasteiger partial charge in [-0.15, -0.1) is 0 Å². The monoisotopic (exact) mass is 318 g/mol. The molecular formula is C21H22N2O. The second-order valence-corrected chi connectivity index (χ2v) is 6.61. The number of aryl methyl sites for hydroxylation is 1. The lowest BCUT2D eigenvalue weighted by molar-refractivity contribution is 0.414. The second-order valence-electron chi connectivity index (χ2n) is 6.61. The van der Waals surface area contributed by atoms with Crippen LogP contribution in [0.15, 0.2) is 24.4 Å². The average molecular weight is 318 g/mol. The zero-order chi connectivity index (χ0) is 16.5. The highest BCUT2D eigenvalue weighted by Crippen LogP contribution is 2.33. The number of rotatable bonds is 1. The van der Waals surface area contributed by atoms with E-state index in [1.54, 1.807) is 7.11 Å². The third kappa shape index (κ3) is 2.53. The normalized spacial score (nSPS) is 15.4. The van der Waals surface area contributed by atoms with Crippen LogP contribution < -0.4 is 4.74 Å². The summed E-state index contributed by atoms with van der Waals surface area (Å²) in [6.45, 7) is 2.03. The van der Waals surface area contributed by atoms with Crippen molar-refractivity contribution in [1.82, 2.24) is 9.97 Å². The van der Waals surface area contributed by atoms with Crippen molar-refractivity contribution in [1.29, 1.82) is 0 Å². The number of nitrogens with one attached hydrogen (secondary N) is 1. The van der Waals surface area contributed by atoms with Crippen LogP contribution in [0, 0.1) is 24.7 Å². The van der Waals surface area contributed by atoms with Crippen LogP contribution in [0.2, 0.25) is 0 Å². The minimum Gasteiger partial charge on any atom is -0.495 e. The van der Waals surface area contributed by atoms with Crippen molar-refractivity contribution < 1.29 is 4.74 Å². The van der Waals surface area contributed by atoms with Gasteiger partial charge in [-0.25, -0.2) is 0 Å². The van der Waals surface area contributed by atoms with Crippen molar-refractivity contribution in [2.75, 3.05) is 7.11 Å². The Morgan fingerprint density at radius 2 is 1.88 bits per heavy atom. The predicted octanol–water partition coefficient (Wildman–Crippen LogP) is 4.96. The van der Waals surface area contributed by atoms with Gasteiger partial charge in [0.1, 0.15) is 5.75 Å². The largest absolute Gasteiger partial charge is 0.495 e. The maximum atomic E-state index is 5.58. The number of H-pyrrole nitrogens is 1. The Labute approximate surface area is 142 Å². The Morgan fingerprint density at radius 1 is 1.08 bits per heavy atom. The fraction of sp³-hybridized carbons (Fsp3) is 0.381. The first-order valence-electron chi connectivity index (χ1n) is 8.73. The Morgan fingerprint density at radius 3 is 2.67 bits per heavy atom. The number of methoxy groups -OCH3 is 1. The van der Waals surface area contributed by atoms with E-state index in [2.05, 4.69) is 33.9 Å². The molecule has 0 amide bonds. The van der Waals surface area contributed by atoms with Crippen LogP contribution in [0.25, 0.3) is 21.8 Å². The summed E-state index contributed by atoms with van der Waals surface area (Å²) >= 11 is 0. The molecule has 0 saturated heterocycles. The van der Waals surface area contributed by atoms with Crippen LogP contribution in [-0.4, -0.2) is 17.1 Å². The molecule has 122 valence electrons. The Kier molecular flexibility index (Phi) is 3.90. The van der Waals surface area contributed by atoms with E-state index >= 15 is 0 Å². The van der Waals surface area contributed by atoms with Crippen LogP contribution in [0.4, 0.5) is 0 Å². The molecule has 1 saturated carbocycles. The topological polar surface area (TPSA) is 37.9 Å². The van der Waals surface area contributed by atoms with E-state index in [4.69, 9.17) is 4.74 Å². The quantitative estimate of drug-likeness (QED) is 0.644. The van der Waals surface area contributed by atoms with Crippen LogP contribution in [0.5, 0.6) is 5.75 Å². The Bertz CT molecular complexity index is 953.